The molecule has 0 fully saturated rings. The number of amides is 2. The number of hydrogen-bond donors (Lipinski definition) is 1. The highest BCUT2D eigenvalue weighted by Gasteiger charge is 2.38. The molecule has 1 unspecified atom stereocenters. The van der Waals surface area contributed by atoms with Crippen molar-refractivity contribution in [1.29, 1.82) is 0 Å². The van der Waals surface area contributed by atoms with Crippen LogP contribution >= 0.6 is 43.2 Å². The standard InChI is InChI=1S/C12H16Br2N2O2S/c1-6(2)5-16-11-8(9(14)7(4-13)19-11)10(17)15(3)12(16)18/h6,10,17H,4-5H2,1-3H3. The molecule has 0 saturated carbocycles. The summed E-state index contributed by atoms with van der Waals surface area (Å²) in [6.07, 6.45) is -0.885. The van der Waals surface area contributed by atoms with Crippen LogP contribution < -0.4 is 4.90 Å². The quantitative estimate of drug-likeness (QED) is 0.766. The van der Waals surface area contributed by atoms with E-state index in [9.17, 15) is 9.90 Å². The Hall–Kier alpha value is -0.110. The highest BCUT2D eigenvalue weighted by molar-refractivity contribution is 9.11. The molecule has 1 aliphatic rings. The van der Waals surface area contributed by atoms with Crippen LogP contribution in [0.4, 0.5) is 9.80 Å². The monoisotopic (exact) mass is 410 g/mol. The summed E-state index contributed by atoms with van der Waals surface area (Å²) in [6.45, 7) is 4.80. The topological polar surface area (TPSA) is 43.8 Å². The van der Waals surface area contributed by atoms with Gasteiger partial charge in [-0.25, -0.2) is 4.79 Å². The molecule has 2 amide bonds. The molecule has 0 saturated heterocycles. The van der Waals surface area contributed by atoms with Gasteiger partial charge in [0.25, 0.3) is 0 Å². The minimum absolute atomic E-state index is 0.149. The third-order valence-corrected chi connectivity index (χ3v) is 6.33. The zero-order chi connectivity index (χ0) is 14.3. The third kappa shape index (κ3) is 2.57. The molecular formula is C12H16Br2N2O2S. The molecule has 0 spiro atoms. The summed E-state index contributed by atoms with van der Waals surface area (Å²) in [5.41, 5.74) is 0.794. The predicted molar refractivity (Wildman–Crippen MR) is 85.0 cm³/mol. The lowest BCUT2D eigenvalue weighted by Gasteiger charge is -2.37. The summed E-state index contributed by atoms with van der Waals surface area (Å²) in [6, 6.07) is -0.149. The van der Waals surface area contributed by atoms with E-state index in [1.54, 1.807) is 23.3 Å². The maximum Gasteiger partial charge on any atom is 0.327 e. The summed E-state index contributed by atoms with van der Waals surface area (Å²) < 4.78 is 0.894. The second kappa shape index (κ2) is 5.71. The lowest BCUT2D eigenvalue weighted by molar-refractivity contribution is 0.0434. The van der Waals surface area contributed by atoms with Crippen molar-refractivity contribution in [2.75, 3.05) is 18.5 Å². The SMILES string of the molecule is CC(C)CN1C(=O)N(C)C(O)c2c1sc(CBr)c2Br. The third-order valence-electron chi connectivity index (χ3n) is 3.00. The molecule has 7 heteroatoms. The summed E-state index contributed by atoms with van der Waals surface area (Å²) >= 11 is 8.52. The van der Waals surface area contributed by atoms with Gasteiger partial charge in [-0.1, -0.05) is 29.8 Å². The Morgan fingerprint density at radius 3 is 2.63 bits per heavy atom. The van der Waals surface area contributed by atoms with Gasteiger partial charge in [0.1, 0.15) is 5.00 Å². The number of alkyl halides is 1. The zero-order valence-corrected chi connectivity index (χ0v) is 15.0. The molecule has 1 N–H and O–H groups in total. The smallest absolute Gasteiger partial charge is 0.327 e. The van der Waals surface area contributed by atoms with Crippen molar-refractivity contribution in [1.82, 2.24) is 4.90 Å². The zero-order valence-electron chi connectivity index (χ0n) is 11.0. The first-order valence-corrected chi connectivity index (χ1v) is 8.71. The van der Waals surface area contributed by atoms with E-state index >= 15 is 0 Å². The Morgan fingerprint density at radius 2 is 2.11 bits per heavy atom. The van der Waals surface area contributed by atoms with E-state index in [0.29, 0.717) is 17.8 Å². The lowest BCUT2D eigenvalue weighted by Crippen LogP contribution is -2.48. The number of thiophene rings is 1. The highest BCUT2D eigenvalue weighted by atomic mass is 79.9. The molecule has 1 aromatic rings. The van der Waals surface area contributed by atoms with E-state index in [-0.39, 0.29) is 6.03 Å². The van der Waals surface area contributed by atoms with Crippen LogP contribution in [0.15, 0.2) is 4.47 Å². The Kier molecular flexibility index (Phi) is 4.59. The first-order chi connectivity index (χ1) is 8.88. The number of hydrogen-bond acceptors (Lipinski definition) is 3. The molecule has 106 valence electrons. The van der Waals surface area contributed by atoms with Gasteiger partial charge in [0.2, 0.25) is 0 Å². The minimum atomic E-state index is -0.885. The molecule has 1 atom stereocenters. The normalized spacial score (nSPS) is 19.3. The molecule has 2 rings (SSSR count). The van der Waals surface area contributed by atoms with Crippen molar-refractivity contribution in [3.05, 3.63) is 14.9 Å². The van der Waals surface area contributed by atoms with Crippen molar-refractivity contribution in [3.8, 4) is 0 Å². The van der Waals surface area contributed by atoms with Crippen LogP contribution in [-0.4, -0.2) is 29.6 Å². The fraction of sp³-hybridized carbons (Fsp3) is 0.583. The van der Waals surface area contributed by atoms with Gasteiger partial charge in [-0.3, -0.25) is 9.80 Å². The second-order valence-electron chi connectivity index (χ2n) is 4.96. The number of halogens is 2. The van der Waals surface area contributed by atoms with Crippen LogP contribution in [0, 0.1) is 5.92 Å². The van der Waals surface area contributed by atoms with Crippen LogP contribution in [0.2, 0.25) is 0 Å². The average molecular weight is 412 g/mol. The van der Waals surface area contributed by atoms with Gasteiger partial charge in [-0.2, -0.15) is 0 Å². The molecule has 4 nitrogen and oxygen atoms in total. The first kappa shape index (κ1) is 15.3. The Morgan fingerprint density at radius 1 is 1.47 bits per heavy atom. The maximum absolute atomic E-state index is 12.3. The fourth-order valence-electron chi connectivity index (χ4n) is 2.07. The number of aliphatic hydroxyl groups is 1. The largest absolute Gasteiger partial charge is 0.369 e. The van der Waals surface area contributed by atoms with Crippen LogP contribution in [0.25, 0.3) is 0 Å². The summed E-state index contributed by atoms with van der Waals surface area (Å²) in [7, 11) is 1.63. The molecule has 2 heterocycles. The van der Waals surface area contributed by atoms with Crippen molar-refractivity contribution < 1.29 is 9.90 Å². The van der Waals surface area contributed by atoms with E-state index in [0.717, 1.165) is 19.9 Å². The van der Waals surface area contributed by atoms with Crippen LogP contribution in [0.5, 0.6) is 0 Å². The molecule has 0 radical (unpaired) electrons. The van der Waals surface area contributed by atoms with E-state index in [1.165, 1.54) is 4.90 Å². The number of urea groups is 1. The van der Waals surface area contributed by atoms with E-state index in [1.807, 2.05) is 0 Å². The van der Waals surface area contributed by atoms with Crippen molar-refractivity contribution >= 4 is 54.2 Å². The fourth-order valence-corrected chi connectivity index (χ4v) is 5.05. The lowest BCUT2D eigenvalue weighted by atomic mass is 10.1. The molecular weight excluding hydrogens is 396 g/mol. The molecule has 0 bridgehead atoms. The summed E-state index contributed by atoms with van der Waals surface area (Å²) in [4.78, 5) is 16.5. The number of rotatable bonds is 3. The molecule has 1 aliphatic heterocycles. The summed E-state index contributed by atoms with van der Waals surface area (Å²) in [5, 5.41) is 11.8. The highest BCUT2D eigenvalue weighted by Crippen LogP contribution is 2.47. The number of fused-ring (bicyclic) bond motifs is 1. The van der Waals surface area contributed by atoms with Crippen molar-refractivity contribution in [2.24, 2.45) is 5.92 Å². The minimum Gasteiger partial charge on any atom is -0.369 e. The number of carbonyl (C=O) groups excluding carboxylic acids is 1. The van der Waals surface area contributed by atoms with E-state index in [2.05, 4.69) is 45.7 Å². The summed E-state index contributed by atoms with van der Waals surface area (Å²) in [5.74, 6) is 0.369. The maximum atomic E-state index is 12.3. The van der Waals surface area contributed by atoms with Crippen molar-refractivity contribution in [3.63, 3.8) is 0 Å². The number of nitrogens with zero attached hydrogens (tertiary/aromatic N) is 2. The van der Waals surface area contributed by atoms with Gasteiger partial charge in [-0.05, 0) is 21.8 Å². The molecule has 0 aromatic carbocycles. The Bertz CT molecular complexity index is 504. The van der Waals surface area contributed by atoms with Crippen LogP contribution in [0.3, 0.4) is 0 Å². The van der Waals surface area contributed by atoms with Gasteiger partial charge >= 0.3 is 6.03 Å². The predicted octanol–water partition coefficient (Wildman–Crippen LogP) is 3.92. The van der Waals surface area contributed by atoms with Crippen LogP contribution in [-0.2, 0) is 5.33 Å². The first-order valence-electron chi connectivity index (χ1n) is 5.97. The molecule has 0 aliphatic carbocycles. The van der Waals surface area contributed by atoms with Gasteiger partial charge < -0.3 is 5.11 Å². The van der Waals surface area contributed by atoms with Gasteiger partial charge in [0.15, 0.2) is 6.23 Å². The van der Waals surface area contributed by atoms with E-state index in [4.69, 9.17) is 0 Å². The number of carbonyl (C=O) groups is 1. The van der Waals surface area contributed by atoms with Gasteiger partial charge in [0.05, 0.1) is 5.56 Å². The Labute approximate surface area is 133 Å². The van der Waals surface area contributed by atoms with Crippen molar-refractivity contribution in [2.45, 2.75) is 25.4 Å². The molecule has 19 heavy (non-hydrogen) atoms. The van der Waals surface area contributed by atoms with Gasteiger partial charge in [-0.15, -0.1) is 11.3 Å². The Balaban J connectivity index is 2.54. The van der Waals surface area contributed by atoms with E-state index < -0.39 is 6.23 Å². The molecule has 1 aromatic heterocycles. The number of anilines is 1. The number of aliphatic hydroxyl groups excluding tert-OH is 1. The second-order valence-corrected chi connectivity index (χ2v) is 7.40. The van der Waals surface area contributed by atoms with Crippen LogP contribution in [0.1, 0.15) is 30.5 Å². The average Bonchev–Trinajstić information content (AvgIpc) is 2.69. The van der Waals surface area contributed by atoms with Gasteiger partial charge in [0, 0.05) is 28.3 Å².